The van der Waals surface area contributed by atoms with E-state index in [0.29, 0.717) is 5.02 Å². The van der Waals surface area contributed by atoms with E-state index in [2.05, 4.69) is 79.1 Å². The Bertz CT molecular complexity index is 1580. The number of aromatic nitrogens is 1. The van der Waals surface area contributed by atoms with Gasteiger partial charge in [-0.2, -0.15) is 0 Å². The summed E-state index contributed by atoms with van der Waals surface area (Å²) in [5.41, 5.74) is 8.11. The van der Waals surface area contributed by atoms with Crippen LogP contribution in [0.2, 0.25) is 5.02 Å². The second-order valence-electron chi connectivity index (χ2n) is 10.2. The van der Waals surface area contributed by atoms with Gasteiger partial charge in [0.05, 0.1) is 22.3 Å². The van der Waals surface area contributed by atoms with Crippen LogP contribution in [0.5, 0.6) is 0 Å². The molecule has 0 saturated heterocycles. The maximum Gasteiger partial charge on any atom is 0.0847 e. The van der Waals surface area contributed by atoms with Crippen molar-refractivity contribution in [2.75, 3.05) is 0 Å². The van der Waals surface area contributed by atoms with Gasteiger partial charge in [-0.15, -0.1) is 0 Å². The Morgan fingerprint density at radius 3 is 2.36 bits per heavy atom. The molecule has 0 radical (unpaired) electrons. The van der Waals surface area contributed by atoms with E-state index in [1.54, 1.807) is 0 Å². The van der Waals surface area contributed by atoms with Crippen molar-refractivity contribution in [3.8, 4) is 16.8 Å². The van der Waals surface area contributed by atoms with Crippen molar-refractivity contribution < 1.29 is 5.11 Å². The summed E-state index contributed by atoms with van der Waals surface area (Å²) in [7, 11) is 0. The molecule has 2 heterocycles. The van der Waals surface area contributed by atoms with Crippen LogP contribution >= 0.6 is 11.6 Å². The van der Waals surface area contributed by atoms with Crippen LogP contribution in [0.4, 0.5) is 0 Å². The predicted molar refractivity (Wildman–Crippen MR) is 139 cm³/mol. The van der Waals surface area contributed by atoms with Gasteiger partial charge < -0.3 is 9.67 Å². The molecule has 1 aromatic heterocycles. The number of hydrogen-bond donors (Lipinski definition) is 1. The van der Waals surface area contributed by atoms with E-state index in [4.69, 9.17) is 11.6 Å². The van der Waals surface area contributed by atoms with Crippen molar-refractivity contribution >= 4 is 33.4 Å². The monoisotopic (exact) mass is 451 g/mol. The zero-order valence-electron chi connectivity index (χ0n) is 19.3. The van der Waals surface area contributed by atoms with Gasteiger partial charge >= 0.3 is 0 Å². The minimum absolute atomic E-state index is 0.170. The van der Waals surface area contributed by atoms with Crippen LogP contribution < -0.4 is 0 Å². The molecule has 0 bridgehead atoms. The fourth-order valence-electron chi connectivity index (χ4n) is 5.59. The van der Waals surface area contributed by atoms with Crippen molar-refractivity contribution in [2.45, 2.75) is 38.7 Å². The van der Waals surface area contributed by atoms with Crippen molar-refractivity contribution in [3.05, 3.63) is 101 Å². The number of aliphatic hydroxyl groups is 1. The molecule has 4 aromatic carbocycles. The quantitative estimate of drug-likeness (QED) is 0.289. The highest BCUT2D eigenvalue weighted by molar-refractivity contribution is 6.30. The smallest absolute Gasteiger partial charge is 0.0847 e. The van der Waals surface area contributed by atoms with E-state index in [-0.39, 0.29) is 5.41 Å². The third kappa shape index (κ3) is 2.84. The molecule has 164 valence electrons. The standard InChI is InChI=1S/C30H26ClNO/c1-29(2)23-10-7-9-22-21-8-5-6-11-26(21)32(28(22)23)27-15-12-18(16-25(27)29)20-14-13-19(31)17-24(20)30(3,4)33/h5-17,33H,1-4H3. The molecule has 0 spiro atoms. The number of rotatable bonds is 2. The largest absolute Gasteiger partial charge is 0.386 e. The molecule has 0 unspecified atom stereocenters. The van der Waals surface area contributed by atoms with Crippen LogP contribution in [0.25, 0.3) is 38.6 Å². The second kappa shape index (κ2) is 6.72. The van der Waals surface area contributed by atoms with Crippen molar-refractivity contribution in [2.24, 2.45) is 0 Å². The van der Waals surface area contributed by atoms with E-state index in [0.717, 1.165) is 16.7 Å². The van der Waals surface area contributed by atoms with Gasteiger partial charge in [-0.1, -0.05) is 74.0 Å². The predicted octanol–water partition coefficient (Wildman–Crippen LogP) is 7.97. The number of hydrogen-bond acceptors (Lipinski definition) is 1. The van der Waals surface area contributed by atoms with E-state index in [9.17, 15) is 5.11 Å². The van der Waals surface area contributed by atoms with Crippen LogP contribution in [-0.4, -0.2) is 9.67 Å². The van der Waals surface area contributed by atoms with Gasteiger partial charge in [-0.25, -0.2) is 0 Å². The molecule has 1 aliphatic heterocycles. The number of para-hydroxylation sites is 2. The van der Waals surface area contributed by atoms with Gasteiger partial charge in [0.15, 0.2) is 0 Å². The lowest BCUT2D eigenvalue weighted by Crippen LogP contribution is -2.26. The third-order valence-electron chi connectivity index (χ3n) is 7.23. The normalized spacial score (nSPS) is 14.6. The first kappa shape index (κ1) is 20.5. The molecule has 3 heteroatoms. The average molecular weight is 452 g/mol. The molecular weight excluding hydrogens is 426 g/mol. The molecule has 0 atom stereocenters. The minimum Gasteiger partial charge on any atom is -0.386 e. The topological polar surface area (TPSA) is 25.2 Å². The lowest BCUT2D eigenvalue weighted by Gasteiger charge is -2.35. The lowest BCUT2D eigenvalue weighted by molar-refractivity contribution is 0.0792. The summed E-state index contributed by atoms with van der Waals surface area (Å²) in [5, 5.41) is 14.1. The fourth-order valence-corrected chi connectivity index (χ4v) is 5.76. The maximum atomic E-state index is 10.9. The summed E-state index contributed by atoms with van der Waals surface area (Å²) < 4.78 is 2.42. The van der Waals surface area contributed by atoms with Crippen LogP contribution in [0.15, 0.2) is 78.9 Å². The van der Waals surface area contributed by atoms with E-state index < -0.39 is 5.60 Å². The van der Waals surface area contributed by atoms with E-state index in [1.807, 2.05) is 32.0 Å². The van der Waals surface area contributed by atoms with Gasteiger partial charge in [0.2, 0.25) is 0 Å². The molecule has 0 aliphatic carbocycles. The van der Waals surface area contributed by atoms with Crippen molar-refractivity contribution in [1.82, 2.24) is 4.57 Å². The number of benzene rings is 4. The molecule has 5 aromatic rings. The Hall–Kier alpha value is -3.07. The number of nitrogens with zero attached hydrogens (tertiary/aromatic N) is 1. The molecule has 0 fully saturated rings. The fraction of sp³-hybridized carbons (Fsp3) is 0.200. The Balaban J connectivity index is 1.69. The van der Waals surface area contributed by atoms with Crippen LogP contribution in [-0.2, 0) is 11.0 Å². The van der Waals surface area contributed by atoms with Gasteiger partial charge in [-0.05, 0) is 72.0 Å². The Kier molecular flexibility index (Phi) is 4.18. The van der Waals surface area contributed by atoms with Crippen LogP contribution in [0, 0.1) is 0 Å². The zero-order valence-corrected chi connectivity index (χ0v) is 20.0. The van der Waals surface area contributed by atoms with Gasteiger partial charge in [0.1, 0.15) is 0 Å². The van der Waals surface area contributed by atoms with E-state index >= 15 is 0 Å². The highest BCUT2D eigenvalue weighted by Crippen LogP contribution is 2.48. The average Bonchev–Trinajstić information content (AvgIpc) is 3.12. The minimum atomic E-state index is -0.999. The van der Waals surface area contributed by atoms with E-state index in [1.165, 1.54) is 38.6 Å². The molecule has 0 amide bonds. The van der Waals surface area contributed by atoms with Crippen molar-refractivity contribution in [1.29, 1.82) is 0 Å². The number of halogens is 1. The summed E-state index contributed by atoms with van der Waals surface area (Å²) in [5.74, 6) is 0. The number of fused-ring (bicyclic) bond motifs is 5. The summed E-state index contributed by atoms with van der Waals surface area (Å²) in [6.07, 6.45) is 0. The first-order chi connectivity index (χ1) is 15.7. The van der Waals surface area contributed by atoms with Gasteiger partial charge in [0, 0.05) is 21.2 Å². The summed E-state index contributed by atoms with van der Waals surface area (Å²) in [6, 6.07) is 27.8. The molecule has 2 nitrogen and oxygen atoms in total. The molecule has 1 N–H and O–H groups in total. The maximum absolute atomic E-state index is 10.9. The Labute approximate surface area is 199 Å². The Morgan fingerprint density at radius 1 is 0.818 bits per heavy atom. The van der Waals surface area contributed by atoms with Crippen LogP contribution in [0.3, 0.4) is 0 Å². The lowest BCUT2D eigenvalue weighted by atomic mass is 9.73. The van der Waals surface area contributed by atoms with Gasteiger partial charge in [-0.3, -0.25) is 0 Å². The first-order valence-corrected chi connectivity index (χ1v) is 11.8. The molecular formula is C30H26ClNO. The molecule has 6 rings (SSSR count). The summed E-state index contributed by atoms with van der Waals surface area (Å²) >= 11 is 6.30. The molecule has 33 heavy (non-hydrogen) atoms. The zero-order chi connectivity index (χ0) is 23.1. The third-order valence-corrected chi connectivity index (χ3v) is 7.47. The summed E-state index contributed by atoms with van der Waals surface area (Å²) in [6.45, 7) is 8.24. The highest BCUT2D eigenvalue weighted by atomic mass is 35.5. The summed E-state index contributed by atoms with van der Waals surface area (Å²) in [4.78, 5) is 0. The SMILES string of the molecule is CC(C)(O)c1cc(Cl)ccc1-c1ccc2c(c1)C(C)(C)c1cccc3c4ccccc4n-2c13. The molecule has 1 aliphatic rings. The molecule has 0 saturated carbocycles. The Morgan fingerprint density at radius 2 is 1.58 bits per heavy atom. The first-order valence-electron chi connectivity index (χ1n) is 11.4. The highest BCUT2D eigenvalue weighted by Gasteiger charge is 2.35. The second-order valence-corrected chi connectivity index (χ2v) is 10.6. The van der Waals surface area contributed by atoms with Gasteiger partial charge in [0.25, 0.3) is 0 Å². The van der Waals surface area contributed by atoms with Crippen LogP contribution in [0.1, 0.15) is 44.4 Å². The van der Waals surface area contributed by atoms with Crippen molar-refractivity contribution in [3.63, 3.8) is 0 Å².